The summed E-state index contributed by atoms with van der Waals surface area (Å²) in [5, 5.41) is 14.9. The van der Waals surface area contributed by atoms with Crippen molar-refractivity contribution in [2.24, 2.45) is 0 Å². The molecule has 6 heteroatoms. The molecule has 5 nitrogen and oxygen atoms in total. The maximum atomic E-state index is 9.16. The Kier molecular flexibility index (Phi) is 3.07. The summed E-state index contributed by atoms with van der Waals surface area (Å²) >= 11 is 1.48. The number of anilines is 2. The van der Waals surface area contributed by atoms with Gasteiger partial charge in [0.2, 0.25) is 0 Å². The number of hydrogen-bond donors (Lipinski definition) is 2. The molecule has 3 aromatic heterocycles. The summed E-state index contributed by atoms with van der Waals surface area (Å²) in [6.07, 6.45) is 3.12. The second kappa shape index (κ2) is 5.03. The SMILES string of the molecule is Oc1ccc(Nc2nc(-c3ccccn3)cs2)nc1. The zero-order valence-electron chi connectivity index (χ0n) is 9.82. The highest BCUT2D eigenvalue weighted by molar-refractivity contribution is 7.14. The molecule has 0 aromatic carbocycles. The van der Waals surface area contributed by atoms with Crippen molar-refractivity contribution in [3.63, 3.8) is 0 Å². The predicted octanol–water partition coefficient (Wildman–Crippen LogP) is 3.05. The molecule has 0 fully saturated rings. The lowest BCUT2D eigenvalue weighted by Crippen LogP contribution is -1.92. The molecule has 0 atom stereocenters. The van der Waals surface area contributed by atoms with Crippen molar-refractivity contribution in [2.45, 2.75) is 0 Å². The van der Waals surface area contributed by atoms with Gasteiger partial charge in [-0.15, -0.1) is 11.3 Å². The summed E-state index contributed by atoms with van der Waals surface area (Å²) in [6, 6.07) is 8.98. The Morgan fingerprint density at radius 1 is 1.05 bits per heavy atom. The Labute approximate surface area is 113 Å². The quantitative estimate of drug-likeness (QED) is 0.765. The third-order valence-corrected chi connectivity index (χ3v) is 3.17. The van der Waals surface area contributed by atoms with E-state index in [1.807, 2.05) is 23.6 Å². The van der Waals surface area contributed by atoms with Gasteiger partial charge in [-0.3, -0.25) is 4.98 Å². The van der Waals surface area contributed by atoms with Gasteiger partial charge in [-0.25, -0.2) is 9.97 Å². The van der Waals surface area contributed by atoms with Crippen LogP contribution in [0.3, 0.4) is 0 Å². The lowest BCUT2D eigenvalue weighted by Gasteiger charge is -2.00. The summed E-state index contributed by atoms with van der Waals surface area (Å²) in [6.45, 7) is 0. The van der Waals surface area contributed by atoms with Crippen molar-refractivity contribution in [3.8, 4) is 17.1 Å². The van der Waals surface area contributed by atoms with Crippen molar-refractivity contribution in [3.05, 3.63) is 48.1 Å². The van der Waals surface area contributed by atoms with E-state index in [9.17, 15) is 0 Å². The van der Waals surface area contributed by atoms with Crippen LogP contribution in [0.1, 0.15) is 0 Å². The van der Waals surface area contributed by atoms with Gasteiger partial charge in [-0.2, -0.15) is 0 Å². The van der Waals surface area contributed by atoms with Gasteiger partial charge in [0.05, 0.1) is 11.9 Å². The molecular weight excluding hydrogens is 260 g/mol. The second-order valence-electron chi connectivity index (χ2n) is 3.78. The Morgan fingerprint density at radius 2 is 2.00 bits per heavy atom. The number of aromatic nitrogens is 3. The first kappa shape index (κ1) is 11.6. The zero-order valence-corrected chi connectivity index (χ0v) is 10.6. The van der Waals surface area contributed by atoms with E-state index in [0.29, 0.717) is 5.82 Å². The number of aromatic hydroxyl groups is 1. The minimum Gasteiger partial charge on any atom is -0.506 e. The van der Waals surface area contributed by atoms with E-state index in [1.165, 1.54) is 17.5 Å². The summed E-state index contributed by atoms with van der Waals surface area (Å²) in [5.41, 5.74) is 1.66. The van der Waals surface area contributed by atoms with Gasteiger partial charge in [0.15, 0.2) is 5.13 Å². The Hall–Kier alpha value is -2.47. The van der Waals surface area contributed by atoms with Crippen LogP contribution < -0.4 is 5.32 Å². The third kappa shape index (κ3) is 2.69. The average Bonchev–Trinajstić information content (AvgIpc) is 2.91. The second-order valence-corrected chi connectivity index (χ2v) is 4.64. The molecule has 3 aromatic rings. The Morgan fingerprint density at radius 3 is 2.74 bits per heavy atom. The predicted molar refractivity (Wildman–Crippen MR) is 74.5 cm³/mol. The molecule has 0 spiro atoms. The minimum absolute atomic E-state index is 0.138. The monoisotopic (exact) mass is 270 g/mol. The number of nitrogens with one attached hydrogen (secondary N) is 1. The van der Waals surface area contributed by atoms with Crippen LogP contribution in [0, 0.1) is 0 Å². The van der Waals surface area contributed by atoms with Crippen LogP contribution in [-0.4, -0.2) is 20.1 Å². The number of thiazole rings is 1. The molecular formula is C13H10N4OS. The van der Waals surface area contributed by atoms with Gasteiger partial charge in [0.25, 0.3) is 0 Å². The first-order valence-electron chi connectivity index (χ1n) is 5.60. The molecule has 0 saturated heterocycles. The first-order chi connectivity index (χ1) is 9.31. The standard InChI is InChI=1S/C13H10N4OS/c18-9-4-5-12(15-7-9)17-13-16-11(8-19-13)10-3-1-2-6-14-10/h1-8,18H,(H,15,16,17). The molecule has 3 rings (SSSR count). The van der Waals surface area contributed by atoms with Crippen LogP contribution in [0.2, 0.25) is 0 Å². The topological polar surface area (TPSA) is 70.9 Å². The summed E-state index contributed by atoms with van der Waals surface area (Å²) in [4.78, 5) is 12.7. The van der Waals surface area contributed by atoms with Crippen molar-refractivity contribution >= 4 is 22.3 Å². The van der Waals surface area contributed by atoms with Crippen LogP contribution in [0.5, 0.6) is 5.75 Å². The highest BCUT2D eigenvalue weighted by Crippen LogP contribution is 2.25. The van der Waals surface area contributed by atoms with E-state index in [0.717, 1.165) is 16.5 Å². The highest BCUT2D eigenvalue weighted by atomic mass is 32.1. The van der Waals surface area contributed by atoms with Gasteiger partial charge in [0, 0.05) is 11.6 Å². The number of hydrogen-bond acceptors (Lipinski definition) is 6. The van der Waals surface area contributed by atoms with Crippen LogP contribution in [-0.2, 0) is 0 Å². The normalized spacial score (nSPS) is 10.3. The van der Waals surface area contributed by atoms with Crippen molar-refractivity contribution < 1.29 is 5.11 Å². The third-order valence-electron chi connectivity index (χ3n) is 2.41. The summed E-state index contributed by atoms with van der Waals surface area (Å²) in [7, 11) is 0. The van der Waals surface area contributed by atoms with Gasteiger partial charge >= 0.3 is 0 Å². The first-order valence-corrected chi connectivity index (χ1v) is 6.48. The summed E-state index contributed by atoms with van der Waals surface area (Å²) < 4.78 is 0. The van der Waals surface area contributed by atoms with Crippen molar-refractivity contribution in [2.75, 3.05) is 5.32 Å². The molecule has 3 heterocycles. The molecule has 0 unspecified atom stereocenters. The zero-order chi connectivity index (χ0) is 13.1. The van der Waals surface area contributed by atoms with Crippen molar-refractivity contribution in [1.82, 2.24) is 15.0 Å². The number of rotatable bonds is 3. The van der Waals surface area contributed by atoms with E-state index in [2.05, 4.69) is 20.3 Å². The van der Waals surface area contributed by atoms with Crippen LogP contribution >= 0.6 is 11.3 Å². The molecule has 0 aliphatic heterocycles. The molecule has 0 bridgehead atoms. The van der Waals surface area contributed by atoms with E-state index in [-0.39, 0.29) is 5.75 Å². The Balaban J connectivity index is 1.80. The summed E-state index contributed by atoms with van der Waals surface area (Å²) in [5.74, 6) is 0.776. The van der Waals surface area contributed by atoms with E-state index < -0.39 is 0 Å². The van der Waals surface area contributed by atoms with Crippen LogP contribution in [0.15, 0.2) is 48.1 Å². The van der Waals surface area contributed by atoms with E-state index in [1.54, 1.807) is 18.3 Å². The van der Waals surface area contributed by atoms with Gasteiger partial charge in [0.1, 0.15) is 17.3 Å². The number of pyridine rings is 2. The highest BCUT2D eigenvalue weighted by Gasteiger charge is 2.05. The fraction of sp³-hybridized carbons (Fsp3) is 0. The van der Waals surface area contributed by atoms with Crippen LogP contribution in [0.25, 0.3) is 11.4 Å². The average molecular weight is 270 g/mol. The van der Waals surface area contributed by atoms with E-state index in [4.69, 9.17) is 5.11 Å². The minimum atomic E-state index is 0.138. The van der Waals surface area contributed by atoms with Gasteiger partial charge < -0.3 is 10.4 Å². The molecule has 94 valence electrons. The molecule has 0 radical (unpaired) electrons. The maximum Gasteiger partial charge on any atom is 0.188 e. The fourth-order valence-corrected chi connectivity index (χ4v) is 2.24. The molecule has 0 aliphatic carbocycles. The van der Waals surface area contributed by atoms with Crippen molar-refractivity contribution in [1.29, 1.82) is 0 Å². The lowest BCUT2D eigenvalue weighted by molar-refractivity contribution is 0.473. The molecule has 0 saturated carbocycles. The van der Waals surface area contributed by atoms with Crippen LogP contribution in [0.4, 0.5) is 10.9 Å². The largest absolute Gasteiger partial charge is 0.506 e. The van der Waals surface area contributed by atoms with Gasteiger partial charge in [-0.05, 0) is 24.3 Å². The molecule has 2 N–H and O–H groups in total. The molecule has 0 aliphatic rings. The fourth-order valence-electron chi connectivity index (χ4n) is 1.53. The Bertz CT molecular complexity index is 667. The van der Waals surface area contributed by atoms with E-state index >= 15 is 0 Å². The smallest absolute Gasteiger partial charge is 0.188 e. The number of nitrogens with zero attached hydrogens (tertiary/aromatic N) is 3. The van der Waals surface area contributed by atoms with Gasteiger partial charge in [-0.1, -0.05) is 6.07 Å². The molecule has 19 heavy (non-hydrogen) atoms. The maximum absolute atomic E-state index is 9.16. The molecule has 0 amide bonds. The lowest BCUT2D eigenvalue weighted by atomic mass is 10.3.